The van der Waals surface area contributed by atoms with Gasteiger partial charge in [-0.05, 0) is 32.8 Å². The number of esters is 2. The minimum Gasteiger partial charge on any atom is -0.469 e. The first-order chi connectivity index (χ1) is 12.7. The fourth-order valence-electron chi connectivity index (χ4n) is 2.19. The molecule has 2 atom stereocenters. The zero-order chi connectivity index (χ0) is 20.4. The van der Waals surface area contributed by atoms with Gasteiger partial charge in [0.1, 0.15) is 18.2 Å². The van der Waals surface area contributed by atoms with Gasteiger partial charge in [-0.1, -0.05) is 36.4 Å². The van der Waals surface area contributed by atoms with Crippen LogP contribution < -0.4 is 5.32 Å². The van der Waals surface area contributed by atoms with Gasteiger partial charge in [-0.3, -0.25) is 4.79 Å². The molecule has 1 amide bonds. The van der Waals surface area contributed by atoms with E-state index in [1.54, 1.807) is 20.8 Å². The van der Waals surface area contributed by atoms with E-state index in [0.717, 1.165) is 5.56 Å². The third-order valence-corrected chi connectivity index (χ3v) is 3.48. The van der Waals surface area contributed by atoms with Crippen LogP contribution in [0.2, 0.25) is 0 Å². The van der Waals surface area contributed by atoms with Crippen LogP contribution in [0.25, 0.3) is 0 Å². The Morgan fingerprint density at radius 2 is 1.78 bits per heavy atom. The van der Waals surface area contributed by atoms with Gasteiger partial charge < -0.3 is 19.5 Å². The molecule has 1 rings (SSSR count). The SMILES string of the molecule is C=C[C@H](C[C@H](NC(=O)OC(C)(C)C)C(=O)OCc1ccccc1)C(=O)OC. The summed E-state index contributed by atoms with van der Waals surface area (Å²) in [6, 6.07) is 8.03. The van der Waals surface area contributed by atoms with Crippen LogP contribution in [0.5, 0.6) is 0 Å². The predicted molar refractivity (Wildman–Crippen MR) is 99.7 cm³/mol. The second-order valence-electron chi connectivity index (χ2n) is 6.89. The third kappa shape index (κ3) is 8.40. The van der Waals surface area contributed by atoms with Gasteiger partial charge in [0.2, 0.25) is 0 Å². The molecule has 0 fully saturated rings. The third-order valence-electron chi connectivity index (χ3n) is 3.48. The van der Waals surface area contributed by atoms with Gasteiger partial charge in [0.15, 0.2) is 0 Å². The number of carbonyl (C=O) groups excluding carboxylic acids is 3. The normalized spacial score (nSPS) is 13.0. The molecule has 0 aromatic heterocycles. The lowest BCUT2D eigenvalue weighted by Crippen LogP contribution is -2.45. The lowest BCUT2D eigenvalue weighted by Gasteiger charge is -2.24. The molecule has 0 aliphatic carbocycles. The maximum absolute atomic E-state index is 12.5. The van der Waals surface area contributed by atoms with Gasteiger partial charge in [0.05, 0.1) is 13.0 Å². The van der Waals surface area contributed by atoms with Crippen LogP contribution in [-0.4, -0.2) is 36.8 Å². The van der Waals surface area contributed by atoms with Crippen molar-refractivity contribution in [2.24, 2.45) is 5.92 Å². The van der Waals surface area contributed by atoms with Crippen molar-refractivity contribution in [3.05, 3.63) is 48.6 Å². The van der Waals surface area contributed by atoms with E-state index in [0.29, 0.717) is 0 Å². The molecule has 1 aromatic rings. The molecule has 0 saturated heterocycles. The number of hydrogen-bond acceptors (Lipinski definition) is 6. The first kappa shape index (κ1) is 22.2. The van der Waals surface area contributed by atoms with Crippen LogP contribution in [0, 0.1) is 5.92 Å². The molecule has 0 radical (unpaired) electrons. The first-order valence-corrected chi connectivity index (χ1v) is 8.56. The average molecular weight is 377 g/mol. The van der Waals surface area contributed by atoms with Crippen molar-refractivity contribution in [3.8, 4) is 0 Å². The molecule has 0 unspecified atom stereocenters. The molecule has 148 valence electrons. The number of hydrogen-bond donors (Lipinski definition) is 1. The van der Waals surface area contributed by atoms with Crippen molar-refractivity contribution in [1.82, 2.24) is 5.32 Å². The Morgan fingerprint density at radius 3 is 2.30 bits per heavy atom. The Labute approximate surface area is 159 Å². The lowest BCUT2D eigenvalue weighted by molar-refractivity contribution is -0.149. The highest BCUT2D eigenvalue weighted by Gasteiger charge is 2.30. The topological polar surface area (TPSA) is 90.9 Å². The van der Waals surface area contributed by atoms with Gasteiger partial charge >= 0.3 is 18.0 Å². The van der Waals surface area contributed by atoms with Gasteiger partial charge in [0, 0.05) is 0 Å². The smallest absolute Gasteiger partial charge is 0.408 e. The molecule has 1 aromatic carbocycles. The van der Waals surface area contributed by atoms with Crippen molar-refractivity contribution in [2.75, 3.05) is 7.11 Å². The molecule has 0 saturated carbocycles. The number of nitrogens with one attached hydrogen (secondary N) is 1. The van der Waals surface area contributed by atoms with Crippen LogP contribution in [0.1, 0.15) is 32.8 Å². The van der Waals surface area contributed by atoms with Crippen molar-refractivity contribution < 1.29 is 28.6 Å². The summed E-state index contributed by atoms with van der Waals surface area (Å²) in [5, 5.41) is 2.46. The monoisotopic (exact) mass is 377 g/mol. The Kier molecular flexibility index (Phi) is 8.51. The van der Waals surface area contributed by atoms with E-state index in [1.807, 2.05) is 30.3 Å². The number of carbonyl (C=O) groups is 3. The van der Waals surface area contributed by atoms with Crippen LogP contribution >= 0.6 is 0 Å². The fourth-order valence-corrected chi connectivity index (χ4v) is 2.19. The summed E-state index contributed by atoms with van der Waals surface area (Å²) < 4.78 is 15.2. The minimum absolute atomic E-state index is 0.0448. The van der Waals surface area contributed by atoms with Crippen molar-refractivity contribution >= 4 is 18.0 Å². The molecule has 1 N–H and O–H groups in total. The maximum Gasteiger partial charge on any atom is 0.408 e. The highest BCUT2D eigenvalue weighted by atomic mass is 16.6. The van der Waals surface area contributed by atoms with Crippen LogP contribution in [0.15, 0.2) is 43.0 Å². The van der Waals surface area contributed by atoms with Crippen LogP contribution in [0.4, 0.5) is 4.79 Å². The molecular weight excluding hydrogens is 350 g/mol. The molecule has 27 heavy (non-hydrogen) atoms. The molecule has 7 heteroatoms. The number of ether oxygens (including phenoxy) is 3. The predicted octanol–water partition coefficient (Wildman–Crippen LogP) is 2.99. The molecule has 7 nitrogen and oxygen atoms in total. The highest BCUT2D eigenvalue weighted by molar-refractivity contribution is 5.83. The van der Waals surface area contributed by atoms with E-state index >= 15 is 0 Å². The standard InChI is InChI=1S/C20H27NO6/c1-6-15(17(22)25-5)12-16(21-19(24)27-20(2,3)4)18(23)26-13-14-10-8-7-9-11-14/h6-11,15-16H,1,12-13H2,2-5H3,(H,21,24)/t15-,16+/m1/s1. The fraction of sp³-hybridized carbons (Fsp3) is 0.450. The van der Waals surface area contributed by atoms with Gasteiger partial charge in [-0.15, -0.1) is 6.58 Å². The van der Waals surface area contributed by atoms with Crippen molar-refractivity contribution in [3.63, 3.8) is 0 Å². The number of alkyl carbamates (subject to hydrolysis) is 1. The summed E-state index contributed by atoms with van der Waals surface area (Å²) >= 11 is 0. The summed E-state index contributed by atoms with van der Waals surface area (Å²) in [7, 11) is 1.24. The Morgan fingerprint density at radius 1 is 1.15 bits per heavy atom. The summed E-state index contributed by atoms with van der Waals surface area (Å²) in [5.74, 6) is -2.02. The van der Waals surface area contributed by atoms with Gasteiger partial charge in [-0.2, -0.15) is 0 Å². The van der Waals surface area contributed by atoms with Crippen molar-refractivity contribution in [2.45, 2.75) is 45.4 Å². The van der Waals surface area contributed by atoms with E-state index in [-0.39, 0.29) is 13.0 Å². The van der Waals surface area contributed by atoms with Crippen LogP contribution in [0.3, 0.4) is 0 Å². The Hall–Kier alpha value is -2.83. The summed E-state index contributed by atoms with van der Waals surface area (Å²) in [4.78, 5) is 36.4. The molecule has 0 bridgehead atoms. The highest BCUT2D eigenvalue weighted by Crippen LogP contribution is 2.14. The summed E-state index contributed by atoms with van der Waals surface area (Å²) in [5.41, 5.74) is 0.0677. The number of methoxy groups -OCH3 is 1. The molecule has 0 aliphatic heterocycles. The Balaban J connectivity index is 2.84. The summed E-state index contributed by atoms with van der Waals surface area (Å²) in [6.45, 7) is 8.74. The second-order valence-corrected chi connectivity index (χ2v) is 6.89. The number of rotatable bonds is 8. The minimum atomic E-state index is -1.09. The summed E-state index contributed by atoms with van der Waals surface area (Å²) in [6.07, 6.45) is 0.528. The van der Waals surface area contributed by atoms with Gasteiger partial charge in [-0.25, -0.2) is 9.59 Å². The average Bonchev–Trinajstić information content (AvgIpc) is 2.61. The second kappa shape index (κ2) is 10.4. The molecule has 0 aliphatic rings. The maximum atomic E-state index is 12.5. The number of benzene rings is 1. The van der Waals surface area contributed by atoms with E-state index in [1.165, 1.54) is 13.2 Å². The Bertz CT molecular complexity index is 650. The quantitative estimate of drug-likeness (QED) is 0.425. The van der Waals surface area contributed by atoms with Crippen molar-refractivity contribution in [1.29, 1.82) is 0 Å². The van der Waals surface area contributed by atoms with Gasteiger partial charge in [0.25, 0.3) is 0 Å². The number of amides is 1. The van der Waals surface area contributed by atoms with E-state index in [9.17, 15) is 14.4 Å². The lowest BCUT2D eigenvalue weighted by atomic mass is 10.00. The first-order valence-electron chi connectivity index (χ1n) is 8.56. The molecule has 0 spiro atoms. The van der Waals surface area contributed by atoms with E-state index < -0.39 is 35.6 Å². The van der Waals surface area contributed by atoms with E-state index in [4.69, 9.17) is 14.2 Å². The zero-order valence-electron chi connectivity index (χ0n) is 16.2. The van der Waals surface area contributed by atoms with Crippen LogP contribution in [-0.2, 0) is 30.4 Å². The largest absolute Gasteiger partial charge is 0.469 e. The molecule has 0 heterocycles. The molecular formula is C20H27NO6. The zero-order valence-corrected chi connectivity index (χ0v) is 16.2. The van der Waals surface area contributed by atoms with E-state index in [2.05, 4.69) is 11.9 Å².